The molecule has 0 bridgehead atoms. The number of hydrogen-bond acceptors (Lipinski definition) is 2. The summed E-state index contributed by atoms with van der Waals surface area (Å²) in [4.78, 5) is 10.5. The van der Waals surface area contributed by atoms with Crippen LogP contribution in [0.3, 0.4) is 0 Å². The van der Waals surface area contributed by atoms with Crippen molar-refractivity contribution in [2.75, 3.05) is 6.61 Å². The molecule has 0 aromatic rings. The van der Waals surface area contributed by atoms with E-state index in [9.17, 15) is 4.79 Å². The number of amides is 1. The number of nitrogens with two attached hydrogens (primary N) is 1. The van der Waals surface area contributed by atoms with E-state index in [2.05, 4.69) is 0 Å². The molecule has 0 radical (unpaired) electrons. The van der Waals surface area contributed by atoms with Crippen molar-refractivity contribution in [2.24, 2.45) is 5.73 Å². The van der Waals surface area contributed by atoms with Crippen molar-refractivity contribution in [1.29, 1.82) is 0 Å². The Morgan fingerprint density at radius 1 is 1.56 bits per heavy atom. The SMILES string of the molecule is NC(=O)[C@H]1CCCCO1. The van der Waals surface area contributed by atoms with Crippen LogP contribution in [0.1, 0.15) is 19.3 Å². The van der Waals surface area contributed by atoms with E-state index in [1.807, 2.05) is 0 Å². The van der Waals surface area contributed by atoms with Crippen molar-refractivity contribution in [2.45, 2.75) is 25.4 Å². The summed E-state index contributed by atoms with van der Waals surface area (Å²) in [6.07, 6.45) is 2.62. The quantitative estimate of drug-likeness (QED) is 0.543. The van der Waals surface area contributed by atoms with Crippen molar-refractivity contribution < 1.29 is 9.53 Å². The molecule has 1 atom stereocenters. The lowest BCUT2D eigenvalue weighted by Gasteiger charge is -2.18. The van der Waals surface area contributed by atoms with Crippen molar-refractivity contribution in [3.8, 4) is 0 Å². The standard InChI is InChI=1S/C6H11NO2/c7-6(8)5-3-1-2-4-9-5/h5H,1-4H2,(H2,7,8)/t5-/m1/s1. The molecule has 1 saturated heterocycles. The lowest BCUT2D eigenvalue weighted by molar-refractivity contribution is -0.132. The number of primary amides is 1. The third kappa shape index (κ3) is 1.68. The number of rotatable bonds is 1. The van der Waals surface area contributed by atoms with Gasteiger partial charge in [0.1, 0.15) is 6.10 Å². The molecule has 3 nitrogen and oxygen atoms in total. The zero-order valence-electron chi connectivity index (χ0n) is 5.30. The second kappa shape index (κ2) is 2.82. The van der Waals surface area contributed by atoms with E-state index in [0.29, 0.717) is 6.61 Å². The first-order valence-corrected chi connectivity index (χ1v) is 3.21. The lowest BCUT2D eigenvalue weighted by Crippen LogP contribution is -2.33. The number of carbonyl (C=O) groups is 1. The molecule has 1 rings (SSSR count). The highest BCUT2D eigenvalue weighted by atomic mass is 16.5. The van der Waals surface area contributed by atoms with E-state index in [0.717, 1.165) is 19.3 Å². The van der Waals surface area contributed by atoms with E-state index < -0.39 is 0 Å². The second-order valence-electron chi connectivity index (χ2n) is 2.26. The van der Waals surface area contributed by atoms with Gasteiger partial charge in [0.2, 0.25) is 5.91 Å². The molecular weight excluding hydrogens is 118 g/mol. The van der Waals surface area contributed by atoms with Crippen LogP contribution in [0.2, 0.25) is 0 Å². The summed E-state index contributed by atoms with van der Waals surface area (Å²) in [5, 5.41) is 0. The van der Waals surface area contributed by atoms with Crippen LogP contribution in [-0.2, 0) is 9.53 Å². The highest BCUT2D eigenvalue weighted by Crippen LogP contribution is 2.11. The normalized spacial score (nSPS) is 27.8. The molecule has 52 valence electrons. The molecule has 0 aliphatic carbocycles. The van der Waals surface area contributed by atoms with Gasteiger partial charge in [0.25, 0.3) is 0 Å². The molecule has 3 heteroatoms. The van der Waals surface area contributed by atoms with E-state index in [1.165, 1.54) is 0 Å². The van der Waals surface area contributed by atoms with Gasteiger partial charge in [-0.3, -0.25) is 4.79 Å². The Morgan fingerprint density at radius 2 is 2.33 bits per heavy atom. The third-order valence-corrected chi connectivity index (χ3v) is 1.50. The molecular formula is C6H11NO2. The molecule has 1 aliphatic rings. The third-order valence-electron chi connectivity index (χ3n) is 1.50. The van der Waals surface area contributed by atoms with Gasteiger partial charge in [-0.15, -0.1) is 0 Å². The Morgan fingerprint density at radius 3 is 2.67 bits per heavy atom. The van der Waals surface area contributed by atoms with E-state index in [4.69, 9.17) is 10.5 Å². The summed E-state index contributed by atoms with van der Waals surface area (Å²) < 4.78 is 5.06. The first-order valence-electron chi connectivity index (χ1n) is 3.21. The molecule has 1 fully saturated rings. The van der Waals surface area contributed by atoms with Gasteiger partial charge in [-0.05, 0) is 19.3 Å². The molecule has 0 saturated carbocycles. The van der Waals surface area contributed by atoms with Crippen molar-refractivity contribution in [3.05, 3.63) is 0 Å². The first kappa shape index (κ1) is 6.55. The summed E-state index contributed by atoms with van der Waals surface area (Å²) >= 11 is 0. The fourth-order valence-corrected chi connectivity index (χ4v) is 0.965. The average Bonchev–Trinajstić information content (AvgIpc) is 1.90. The van der Waals surface area contributed by atoms with E-state index in [1.54, 1.807) is 0 Å². The smallest absolute Gasteiger partial charge is 0.246 e. The van der Waals surface area contributed by atoms with Crippen LogP contribution in [0.4, 0.5) is 0 Å². The molecule has 1 aliphatic heterocycles. The number of ether oxygens (including phenoxy) is 1. The van der Waals surface area contributed by atoms with Gasteiger partial charge in [-0.2, -0.15) is 0 Å². The van der Waals surface area contributed by atoms with Gasteiger partial charge in [0.05, 0.1) is 0 Å². The molecule has 9 heavy (non-hydrogen) atoms. The number of carbonyl (C=O) groups excluding carboxylic acids is 1. The Labute approximate surface area is 54.2 Å². The predicted octanol–water partition coefficient (Wildman–Crippen LogP) is 0.0408. The first-order chi connectivity index (χ1) is 4.30. The molecule has 0 spiro atoms. The van der Waals surface area contributed by atoms with Crippen molar-refractivity contribution in [3.63, 3.8) is 0 Å². The molecule has 2 N–H and O–H groups in total. The zero-order valence-corrected chi connectivity index (χ0v) is 5.30. The van der Waals surface area contributed by atoms with E-state index in [-0.39, 0.29) is 12.0 Å². The Bertz CT molecular complexity index is 108. The minimum Gasteiger partial charge on any atom is -0.368 e. The van der Waals surface area contributed by atoms with Crippen LogP contribution >= 0.6 is 0 Å². The maximum atomic E-state index is 10.5. The molecule has 1 heterocycles. The van der Waals surface area contributed by atoms with Crippen LogP contribution in [0.5, 0.6) is 0 Å². The van der Waals surface area contributed by atoms with Gasteiger partial charge >= 0.3 is 0 Å². The minimum atomic E-state index is -0.324. The van der Waals surface area contributed by atoms with Crippen LogP contribution in [0.25, 0.3) is 0 Å². The van der Waals surface area contributed by atoms with Crippen LogP contribution < -0.4 is 5.73 Å². The summed E-state index contributed by atoms with van der Waals surface area (Å²) in [6.45, 7) is 0.688. The Hall–Kier alpha value is -0.570. The molecule has 0 aromatic heterocycles. The summed E-state index contributed by atoms with van der Waals surface area (Å²) in [5.74, 6) is -0.324. The fraction of sp³-hybridized carbons (Fsp3) is 0.833. The summed E-state index contributed by atoms with van der Waals surface area (Å²) in [5.41, 5.74) is 5.00. The van der Waals surface area contributed by atoms with Gasteiger partial charge in [0, 0.05) is 6.61 Å². The van der Waals surface area contributed by atoms with Crippen molar-refractivity contribution in [1.82, 2.24) is 0 Å². The maximum absolute atomic E-state index is 10.5. The number of hydrogen-bond donors (Lipinski definition) is 1. The Balaban J connectivity index is 2.31. The van der Waals surface area contributed by atoms with Gasteiger partial charge in [-0.25, -0.2) is 0 Å². The summed E-state index contributed by atoms with van der Waals surface area (Å²) in [7, 11) is 0. The average molecular weight is 129 g/mol. The fourth-order valence-electron chi connectivity index (χ4n) is 0.965. The van der Waals surface area contributed by atoms with Crippen LogP contribution in [0.15, 0.2) is 0 Å². The van der Waals surface area contributed by atoms with Crippen LogP contribution in [0, 0.1) is 0 Å². The minimum absolute atomic E-state index is 0.307. The van der Waals surface area contributed by atoms with Gasteiger partial charge < -0.3 is 10.5 Å². The molecule has 1 amide bonds. The van der Waals surface area contributed by atoms with Gasteiger partial charge in [-0.1, -0.05) is 0 Å². The molecule has 0 aromatic carbocycles. The van der Waals surface area contributed by atoms with Gasteiger partial charge in [0.15, 0.2) is 0 Å². The highest BCUT2D eigenvalue weighted by Gasteiger charge is 2.18. The zero-order chi connectivity index (χ0) is 6.69. The Kier molecular flexibility index (Phi) is 2.05. The maximum Gasteiger partial charge on any atom is 0.246 e. The second-order valence-corrected chi connectivity index (χ2v) is 2.26. The predicted molar refractivity (Wildman–Crippen MR) is 32.8 cm³/mol. The largest absolute Gasteiger partial charge is 0.368 e. The summed E-state index contributed by atoms with van der Waals surface area (Å²) in [6, 6.07) is 0. The monoisotopic (exact) mass is 129 g/mol. The van der Waals surface area contributed by atoms with Crippen LogP contribution in [-0.4, -0.2) is 18.6 Å². The topological polar surface area (TPSA) is 52.3 Å². The highest BCUT2D eigenvalue weighted by molar-refractivity contribution is 5.78. The lowest BCUT2D eigenvalue weighted by atomic mass is 10.1. The van der Waals surface area contributed by atoms with Crippen molar-refractivity contribution >= 4 is 5.91 Å². The molecule has 0 unspecified atom stereocenters. The van der Waals surface area contributed by atoms with E-state index >= 15 is 0 Å².